The van der Waals surface area contributed by atoms with Crippen LogP contribution in [0, 0.1) is 22.7 Å². The molecule has 1 saturated carbocycles. The lowest BCUT2D eigenvalue weighted by Crippen LogP contribution is -2.33. The summed E-state index contributed by atoms with van der Waals surface area (Å²) in [6.07, 6.45) is 4.71. The zero-order valence-electron chi connectivity index (χ0n) is 11.0. The number of fused-ring (bicyclic) bond motifs is 3. The van der Waals surface area contributed by atoms with E-state index in [1.165, 1.54) is 0 Å². The predicted octanol–water partition coefficient (Wildman–Crippen LogP) is 1.76. The van der Waals surface area contributed by atoms with E-state index in [4.69, 9.17) is 0 Å². The second-order valence-electron chi connectivity index (χ2n) is 6.26. The van der Waals surface area contributed by atoms with Gasteiger partial charge in [-0.2, -0.15) is 0 Å². The molecule has 0 amide bonds. The first-order chi connectivity index (χ1) is 8.91. The van der Waals surface area contributed by atoms with E-state index >= 15 is 0 Å². The Kier molecular flexibility index (Phi) is 2.23. The van der Waals surface area contributed by atoms with Gasteiger partial charge in [0.2, 0.25) is 0 Å². The number of carboxylic acid groups (broad SMARTS) is 1. The van der Waals surface area contributed by atoms with Gasteiger partial charge in [-0.3, -0.25) is 4.79 Å². The summed E-state index contributed by atoms with van der Waals surface area (Å²) in [4.78, 5) is 34.1. The van der Waals surface area contributed by atoms with Crippen molar-refractivity contribution in [1.82, 2.24) is 0 Å². The minimum absolute atomic E-state index is 0.132. The van der Waals surface area contributed by atoms with Crippen LogP contribution in [0.25, 0.3) is 0 Å². The van der Waals surface area contributed by atoms with Gasteiger partial charge in [-0.05, 0) is 31.1 Å². The van der Waals surface area contributed by atoms with Crippen molar-refractivity contribution in [2.24, 2.45) is 22.7 Å². The molecule has 100 valence electrons. The summed E-state index contributed by atoms with van der Waals surface area (Å²) < 4.78 is 0. The topological polar surface area (TPSA) is 71.4 Å². The molecule has 4 nitrogen and oxygen atoms in total. The summed E-state index contributed by atoms with van der Waals surface area (Å²) in [6, 6.07) is 0. The van der Waals surface area contributed by atoms with E-state index in [0.29, 0.717) is 24.0 Å². The zero-order valence-corrected chi connectivity index (χ0v) is 11.0. The molecule has 0 radical (unpaired) electrons. The Labute approximate surface area is 111 Å². The SMILES string of the molecule is CC1=C(C(=O)O)C2C=C(C=O)C3(C=O)CC3(C)C2C1. The van der Waals surface area contributed by atoms with E-state index in [1.807, 2.05) is 13.8 Å². The molecule has 0 spiro atoms. The van der Waals surface area contributed by atoms with Gasteiger partial charge < -0.3 is 9.90 Å². The summed E-state index contributed by atoms with van der Waals surface area (Å²) >= 11 is 0. The van der Waals surface area contributed by atoms with Gasteiger partial charge in [-0.15, -0.1) is 0 Å². The van der Waals surface area contributed by atoms with Crippen molar-refractivity contribution in [1.29, 1.82) is 0 Å². The maximum Gasteiger partial charge on any atom is 0.332 e. The molecular formula is C15H16O4. The van der Waals surface area contributed by atoms with Gasteiger partial charge in [-0.1, -0.05) is 18.6 Å². The Morgan fingerprint density at radius 3 is 2.68 bits per heavy atom. The van der Waals surface area contributed by atoms with Crippen molar-refractivity contribution in [3.05, 3.63) is 22.8 Å². The minimum Gasteiger partial charge on any atom is -0.478 e. The van der Waals surface area contributed by atoms with E-state index in [1.54, 1.807) is 6.08 Å². The third-order valence-corrected chi connectivity index (χ3v) is 5.54. The molecule has 0 heterocycles. The van der Waals surface area contributed by atoms with E-state index in [2.05, 4.69) is 0 Å². The highest BCUT2D eigenvalue weighted by Gasteiger charge is 2.73. The lowest BCUT2D eigenvalue weighted by molar-refractivity contribution is -0.133. The number of hydrogen-bond acceptors (Lipinski definition) is 3. The highest BCUT2D eigenvalue weighted by Crippen LogP contribution is 2.75. The van der Waals surface area contributed by atoms with Gasteiger partial charge in [0.1, 0.15) is 12.6 Å². The first-order valence-corrected chi connectivity index (χ1v) is 6.48. The van der Waals surface area contributed by atoms with Gasteiger partial charge in [-0.25, -0.2) is 4.79 Å². The lowest BCUT2D eigenvalue weighted by Gasteiger charge is -2.34. The number of hydrogen-bond donors (Lipinski definition) is 1. The molecule has 4 heteroatoms. The Morgan fingerprint density at radius 1 is 1.47 bits per heavy atom. The van der Waals surface area contributed by atoms with Crippen LogP contribution < -0.4 is 0 Å². The second-order valence-corrected chi connectivity index (χ2v) is 6.26. The molecule has 0 aromatic carbocycles. The molecule has 4 atom stereocenters. The van der Waals surface area contributed by atoms with Gasteiger partial charge >= 0.3 is 5.97 Å². The molecule has 0 aliphatic heterocycles. The van der Waals surface area contributed by atoms with Crippen LogP contribution in [0.15, 0.2) is 22.8 Å². The van der Waals surface area contributed by atoms with E-state index < -0.39 is 11.4 Å². The smallest absolute Gasteiger partial charge is 0.332 e. The molecule has 3 aliphatic rings. The predicted molar refractivity (Wildman–Crippen MR) is 67.3 cm³/mol. The molecular weight excluding hydrogens is 244 g/mol. The average molecular weight is 260 g/mol. The fourth-order valence-corrected chi connectivity index (χ4v) is 4.36. The van der Waals surface area contributed by atoms with Crippen LogP contribution in [0.1, 0.15) is 26.7 Å². The number of allylic oxidation sites excluding steroid dienone is 3. The Bertz CT molecular complexity index is 571. The van der Waals surface area contributed by atoms with Crippen LogP contribution in [-0.2, 0) is 14.4 Å². The standard InChI is InChI=1S/C15H16O4/c1-8-3-11-10(12(8)13(18)19)4-9(5-16)15(7-17)6-14(11,15)2/h4-5,7,10-11H,3,6H2,1-2H3,(H,18,19). The summed E-state index contributed by atoms with van der Waals surface area (Å²) in [7, 11) is 0. The summed E-state index contributed by atoms with van der Waals surface area (Å²) in [5.41, 5.74) is 0.836. The molecule has 1 fully saturated rings. The molecule has 0 aromatic rings. The number of aliphatic carboxylic acids is 1. The first kappa shape index (κ1) is 12.3. The van der Waals surface area contributed by atoms with Crippen LogP contribution in [0.5, 0.6) is 0 Å². The van der Waals surface area contributed by atoms with Gasteiger partial charge in [0, 0.05) is 17.1 Å². The van der Waals surface area contributed by atoms with E-state index in [-0.39, 0.29) is 17.3 Å². The van der Waals surface area contributed by atoms with Crippen molar-refractivity contribution < 1.29 is 19.5 Å². The number of carbonyl (C=O) groups excluding carboxylic acids is 2. The third-order valence-electron chi connectivity index (χ3n) is 5.54. The fourth-order valence-electron chi connectivity index (χ4n) is 4.36. The van der Waals surface area contributed by atoms with Crippen molar-refractivity contribution in [2.75, 3.05) is 0 Å². The van der Waals surface area contributed by atoms with Crippen LogP contribution >= 0.6 is 0 Å². The van der Waals surface area contributed by atoms with Gasteiger partial charge in [0.05, 0.1) is 5.41 Å². The second kappa shape index (κ2) is 3.44. The van der Waals surface area contributed by atoms with Crippen LogP contribution in [0.3, 0.4) is 0 Å². The monoisotopic (exact) mass is 260 g/mol. The fraction of sp³-hybridized carbons (Fsp3) is 0.533. The summed E-state index contributed by atoms with van der Waals surface area (Å²) in [6.45, 7) is 3.85. The van der Waals surface area contributed by atoms with Gasteiger partial charge in [0.25, 0.3) is 0 Å². The van der Waals surface area contributed by atoms with E-state index in [0.717, 1.165) is 18.1 Å². The number of aldehydes is 2. The minimum atomic E-state index is -0.908. The summed E-state index contributed by atoms with van der Waals surface area (Å²) in [5.74, 6) is -1.000. The molecule has 1 N–H and O–H groups in total. The third kappa shape index (κ3) is 1.22. The molecule has 3 aliphatic carbocycles. The average Bonchev–Trinajstić information content (AvgIpc) is 2.85. The quantitative estimate of drug-likeness (QED) is 0.785. The molecule has 4 unspecified atom stereocenters. The molecule has 0 aromatic heterocycles. The van der Waals surface area contributed by atoms with Crippen molar-refractivity contribution in [3.63, 3.8) is 0 Å². The lowest BCUT2D eigenvalue weighted by atomic mass is 9.68. The van der Waals surface area contributed by atoms with Crippen molar-refractivity contribution >= 4 is 18.5 Å². The Hall–Kier alpha value is -1.71. The van der Waals surface area contributed by atoms with Crippen LogP contribution in [0.4, 0.5) is 0 Å². The normalized spacial score (nSPS) is 43.2. The molecule has 19 heavy (non-hydrogen) atoms. The zero-order chi connectivity index (χ0) is 14.0. The molecule has 0 saturated heterocycles. The van der Waals surface area contributed by atoms with Crippen LogP contribution in [-0.4, -0.2) is 23.6 Å². The summed E-state index contributed by atoms with van der Waals surface area (Å²) in [5, 5.41) is 9.34. The highest BCUT2D eigenvalue weighted by atomic mass is 16.4. The van der Waals surface area contributed by atoms with Crippen molar-refractivity contribution in [3.8, 4) is 0 Å². The molecule has 0 bridgehead atoms. The van der Waals surface area contributed by atoms with Crippen LogP contribution in [0.2, 0.25) is 0 Å². The van der Waals surface area contributed by atoms with Crippen molar-refractivity contribution in [2.45, 2.75) is 26.7 Å². The number of carboxylic acids is 1. The highest BCUT2D eigenvalue weighted by molar-refractivity contribution is 5.93. The first-order valence-electron chi connectivity index (χ1n) is 6.48. The molecule has 3 rings (SSSR count). The Morgan fingerprint density at radius 2 is 2.16 bits per heavy atom. The van der Waals surface area contributed by atoms with Gasteiger partial charge in [0.15, 0.2) is 0 Å². The number of carbonyl (C=O) groups is 3. The Balaban J connectivity index is 2.14. The van der Waals surface area contributed by atoms with E-state index in [9.17, 15) is 19.5 Å². The maximum absolute atomic E-state index is 11.5. The number of rotatable bonds is 3. The largest absolute Gasteiger partial charge is 0.478 e. The maximum atomic E-state index is 11.5.